The fraction of sp³-hybridized carbons (Fsp3) is 0.500. The highest BCUT2D eigenvalue weighted by molar-refractivity contribution is 7.88. The molecule has 1 fully saturated rings. The van der Waals surface area contributed by atoms with Crippen LogP contribution in [0, 0.1) is 0 Å². The molecule has 1 aromatic carbocycles. The number of benzene rings is 1. The first-order valence-corrected chi connectivity index (χ1v) is 9.23. The first-order valence-electron chi connectivity index (χ1n) is 7.01. The van der Waals surface area contributed by atoms with Crippen molar-refractivity contribution in [3.63, 3.8) is 0 Å². The van der Waals surface area contributed by atoms with Crippen LogP contribution in [0.1, 0.15) is 12.8 Å². The van der Waals surface area contributed by atoms with E-state index in [4.69, 9.17) is 16.3 Å². The molecule has 1 aliphatic rings. The average molecular weight is 347 g/mol. The predicted molar refractivity (Wildman–Crippen MR) is 84.5 cm³/mol. The summed E-state index contributed by atoms with van der Waals surface area (Å²) in [6.07, 6.45) is 2.38. The van der Waals surface area contributed by atoms with Gasteiger partial charge < -0.3 is 10.1 Å². The minimum atomic E-state index is -3.35. The summed E-state index contributed by atoms with van der Waals surface area (Å²) in [6, 6.07) is 6.32. The van der Waals surface area contributed by atoms with Crippen LogP contribution in [0.4, 0.5) is 0 Å². The van der Waals surface area contributed by atoms with Crippen LogP contribution in [0.5, 0.6) is 5.75 Å². The fourth-order valence-electron chi connectivity index (χ4n) is 2.39. The van der Waals surface area contributed by atoms with E-state index < -0.39 is 16.1 Å². The summed E-state index contributed by atoms with van der Waals surface area (Å²) in [5.74, 6) is 0.389. The molecule has 0 spiro atoms. The van der Waals surface area contributed by atoms with Crippen molar-refractivity contribution in [1.82, 2.24) is 9.62 Å². The van der Waals surface area contributed by atoms with Crippen LogP contribution in [-0.4, -0.2) is 50.6 Å². The van der Waals surface area contributed by atoms with Gasteiger partial charge in [0.15, 0.2) is 0 Å². The Morgan fingerprint density at radius 1 is 1.41 bits per heavy atom. The molecule has 1 saturated heterocycles. The van der Waals surface area contributed by atoms with Crippen LogP contribution < -0.4 is 10.1 Å². The Hall–Kier alpha value is -1.31. The van der Waals surface area contributed by atoms with Crippen LogP contribution in [0.25, 0.3) is 0 Å². The molecule has 122 valence electrons. The van der Waals surface area contributed by atoms with Crippen molar-refractivity contribution in [2.24, 2.45) is 0 Å². The zero-order valence-electron chi connectivity index (χ0n) is 12.3. The lowest BCUT2D eigenvalue weighted by molar-refractivity contribution is -0.124. The van der Waals surface area contributed by atoms with Crippen molar-refractivity contribution in [3.05, 3.63) is 29.3 Å². The first-order chi connectivity index (χ1) is 10.4. The van der Waals surface area contributed by atoms with Gasteiger partial charge in [-0.2, -0.15) is 4.31 Å². The maximum absolute atomic E-state index is 12.1. The molecule has 0 radical (unpaired) electrons. The predicted octanol–water partition coefficient (Wildman–Crippen LogP) is 1.26. The number of nitrogens with zero attached hydrogens (tertiary/aromatic N) is 1. The molecule has 2 rings (SSSR count). The molecular weight excluding hydrogens is 328 g/mol. The van der Waals surface area contributed by atoms with Crippen LogP contribution >= 0.6 is 11.6 Å². The second kappa shape index (κ2) is 7.30. The molecule has 1 N–H and O–H groups in total. The Morgan fingerprint density at radius 3 is 2.73 bits per heavy atom. The summed E-state index contributed by atoms with van der Waals surface area (Å²) < 4.78 is 29.9. The van der Waals surface area contributed by atoms with Crippen molar-refractivity contribution in [2.75, 3.05) is 26.0 Å². The normalized spacial score (nSPS) is 19.1. The van der Waals surface area contributed by atoms with E-state index in [1.165, 1.54) is 4.31 Å². The topological polar surface area (TPSA) is 75.7 Å². The minimum absolute atomic E-state index is 0.275. The molecule has 0 aliphatic carbocycles. The number of ether oxygens (including phenoxy) is 1. The lowest BCUT2D eigenvalue weighted by atomic mass is 10.2. The third-order valence-electron chi connectivity index (χ3n) is 3.42. The van der Waals surface area contributed by atoms with Gasteiger partial charge >= 0.3 is 0 Å². The van der Waals surface area contributed by atoms with Gasteiger partial charge in [0.25, 0.3) is 0 Å². The molecule has 1 aliphatic heterocycles. The molecule has 1 amide bonds. The maximum Gasteiger partial charge on any atom is 0.238 e. The average Bonchev–Trinajstić information content (AvgIpc) is 2.95. The largest absolute Gasteiger partial charge is 0.492 e. The summed E-state index contributed by atoms with van der Waals surface area (Å²) in [6.45, 7) is 1.02. The number of carbonyl (C=O) groups excluding carboxylic acids is 1. The number of rotatable bonds is 6. The van der Waals surface area contributed by atoms with E-state index in [0.29, 0.717) is 43.3 Å². The molecule has 8 heteroatoms. The second-order valence-electron chi connectivity index (χ2n) is 5.13. The minimum Gasteiger partial charge on any atom is -0.492 e. The molecule has 6 nitrogen and oxygen atoms in total. The van der Waals surface area contributed by atoms with Crippen molar-refractivity contribution >= 4 is 27.5 Å². The molecule has 0 unspecified atom stereocenters. The summed E-state index contributed by atoms with van der Waals surface area (Å²) >= 11 is 5.77. The zero-order valence-corrected chi connectivity index (χ0v) is 13.9. The molecule has 0 saturated carbocycles. The number of sulfonamides is 1. The second-order valence-corrected chi connectivity index (χ2v) is 7.50. The number of hydrogen-bond acceptors (Lipinski definition) is 4. The van der Waals surface area contributed by atoms with E-state index in [9.17, 15) is 13.2 Å². The molecule has 0 aromatic heterocycles. The first kappa shape index (κ1) is 17.1. The van der Waals surface area contributed by atoms with Gasteiger partial charge in [0.1, 0.15) is 18.4 Å². The molecular formula is C14H19ClN2O4S. The number of halogens is 1. The number of carbonyl (C=O) groups is 1. The van der Waals surface area contributed by atoms with Crippen molar-refractivity contribution in [3.8, 4) is 5.75 Å². The maximum atomic E-state index is 12.1. The Morgan fingerprint density at radius 2 is 2.09 bits per heavy atom. The van der Waals surface area contributed by atoms with Crippen molar-refractivity contribution in [2.45, 2.75) is 18.9 Å². The van der Waals surface area contributed by atoms with Crippen LogP contribution in [0.3, 0.4) is 0 Å². The third-order valence-corrected chi connectivity index (χ3v) is 4.96. The molecule has 22 heavy (non-hydrogen) atoms. The molecule has 0 bridgehead atoms. The van der Waals surface area contributed by atoms with Crippen molar-refractivity contribution in [1.29, 1.82) is 0 Å². The standard InChI is InChI=1S/C14H19ClN2O4S/c1-22(19,20)17-9-2-3-13(17)14(18)16-8-10-21-12-6-4-11(15)5-7-12/h4-7,13H,2-3,8-10H2,1H3,(H,16,18)/t13-/m0/s1. The molecule has 1 aromatic rings. The number of nitrogens with one attached hydrogen (secondary N) is 1. The van der Waals surface area contributed by atoms with E-state index in [2.05, 4.69) is 5.32 Å². The molecule has 1 heterocycles. The smallest absolute Gasteiger partial charge is 0.238 e. The highest BCUT2D eigenvalue weighted by atomic mass is 35.5. The van der Waals surface area contributed by atoms with Gasteiger partial charge in [-0.1, -0.05) is 11.6 Å². The van der Waals surface area contributed by atoms with Gasteiger partial charge in [0.2, 0.25) is 15.9 Å². The molecule has 1 atom stereocenters. The Bertz CT molecular complexity index is 618. The summed E-state index contributed by atoms with van der Waals surface area (Å²) in [7, 11) is -3.35. The van der Waals surface area contributed by atoms with E-state index in [1.807, 2.05) is 0 Å². The lowest BCUT2D eigenvalue weighted by Crippen LogP contribution is -2.46. The summed E-state index contributed by atoms with van der Waals surface area (Å²) in [5.41, 5.74) is 0. The van der Waals surface area contributed by atoms with Crippen LogP contribution in [-0.2, 0) is 14.8 Å². The van der Waals surface area contributed by atoms with E-state index in [0.717, 1.165) is 6.26 Å². The fourth-order valence-corrected chi connectivity index (χ4v) is 3.64. The Kier molecular flexibility index (Phi) is 5.66. The SMILES string of the molecule is CS(=O)(=O)N1CCC[C@H]1C(=O)NCCOc1ccc(Cl)cc1. The van der Waals surface area contributed by atoms with E-state index in [-0.39, 0.29) is 5.91 Å². The highest BCUT2D eigenvalue weighted by Crippen LogP contribution is 2.20. The summed E-state index contributed by atoms with van der Waals surface area (Å²) in [5, 5.41) is 3.34. The monoisotopic (exact) mass is 346 g/mol. The zero-order chi connectivity index (χ0) is 16.2. The quantitative estimate of drug-likeness (QED) is 0.787. The van der Waals surface area contributed by atoms with E-state index in [1.54, 1.807) is 24.3 Å². The highest BCUT2D eigenvalue weighted by Gasteiger charge is 2.36. The van der Waals surface area contributed by atoms with Gasteiger partial charge in [-0.25, -0.2) is 8.42 Å². The van der Waals surface area contributed by atoms with Gasteiger partial charge in [0, 0.05) is 11.6 Å². The van der Waals surface area contributed by atoms with Gasteiger partial charge in [-0.15, -0.1) is 0 Å². The van der Waals surface area contributed by atoms with Crippen LogP contribution in [0.2, 0.25) is 5.02 Å². The number of hydrogen-bond donors (Lipinski definition) is 1. The van der Waals surface area contributed by atoms with Gasteiger partial charge in [-0.05, 0) is 37.1 Å². The Labute approximate surface area is 135 Å². The van der Waals surface area contributed by atoms with Crippen molar-refractivity contribution < 1.29 is 17.9 Å². The summed E-state index contributed by atoms with van der Waals surface area (Å²) in [4.78, 5) is 12.1. The lowest BCUT2D eigenvalue weighted by Gasteiger charge is -2.21. The third kappa shape index (κ3) is 4.59. The van der Waals surface area contributed by atoms with Crippen LogP contribution in [0.15, 0.2) is 24.3 Å². The van der Waals surface area contributed by atoms with Gasteiger partial charge in [-0.3, -0.25) is 4.79 Å². The number of amides is 1. The Balaban J connectivity index is 1.77. The van der Waals surface area contributed by atoms with E-state index >= 15 is 0 Å². The van der Waals surface area contributed by atoms with Gasteiger partial charge in [0.05, 0.1) is 12.8 Å².